The molecule has 0 bridgehead atoms. The number of hydrogen-bond donors (Lipinski definition) is 1. The highest BCUT2D eigenvalue weighted by Gasteiger charge is 2.34. The molecule has 1 atom stereocenters. The predicted octanol–water partition coefficient (Wildman–Crippen LogP) is 3.49. The van der Waals surface area contributed by atoms with Crippen LogP contribution in [0.25, 0.3) is 0 Å². The topological polar surface area (TPSA) is 58.4 Å². The van der Waals surface area contributed by atoms with Gasteiger partial charge in [-0.05, 0) is 11.0 Å². The van der Waals surface area contributed by atoms with Gasteiger partial charge in [0.05, 0.1) is 4.92 Å². The fourth-order valence-corrected chi connectivity index (χ4v) is 3.52. The Kier molecular flexibility index (Phi) is 8.13. The molecule has 1 aromatic heterocycles. The van der Waals surface area contributed by atoms with Crippen molar-refractivity contribution < 1.29 is 4.92 Å². The Morgan fingerprint density at radius 3 is 2.33 bits per heavy atom. The largest absolute Gasteiger partial charge is 0.324 e. The maximum atomic E-state index is 10.9. The first-order valence-electron chi connectivity index (χ1n) is 6.57. The number of thiophene rings is 1. The van der Waals surface area contributed by atoms with Crippen molar-refractivity contribution in [1.29, 1.82) is 0 Å². The fraction of sp³-hybridized carbons (Fsp3) is 0.692. The molecular weight excluding hydrogens is 333 g/mol. The lowest BCUT2D eigenvalue weighted by atomic mass is 9.82. The first-order valence-corrected chi connectivity index (χ1v) is 7.45. The molecule has 0 unspecified atom stereocenters. The third kappa shape index (κ3) is 5.07. The third-order valence-electron chi connectivity index (χ3n) is 3.44. The van der Waals surface area contributed by atoms with Crippen LogP contribution in [0.4, 0.5) is 5.00 Å². The lowest BCUT2D eigenvalue weighted by molar-refractivity contribution is -0.380. The average Bonchev–Trinajstić information content (AvgIpc) is 2.78. The van der Waals surface area contributed by atoms with Crippen molar-refractivity contribution in [2.24, 2.45) is 5.41 Å². The molecule has 0 aromatic carbocycles. The van der Waals surface area contributed by atoms with Crippen LogP contribution in [0.1, 0.15) is 32.4 Å². The maximum absolute atomic E-state index is 10.9. The molecule has 21 heavy (non-hydrogen) atoms. The summed E-state index contributed by atoms with van der Waals surface area (Å²) in [5.74, 6) is 0. The van der Waals surface area contributed by atoms with Gasteiger partial charge in [-0.1, -0.05) is 32.1 Å². The van der Waals surface area contributed by atoms with E-state index in [1.54, 1.807) is 6.07 Å². The van der Waals surface area contributed by atoms with Crippen molar-refractivity contribution in [3.63, 3.8) is 0 Å². The van der Waals surface area contributed by atoms with E-state index in [9.17, 15) is 10.1 Å². The van der Waals surface area contributed by atoms with E-state index >= 15 is 0 Å². The average molecular weight is 356 g/mol. The maximum Gasteiger partial charge on any atom is 0.324 e. The van der Waals surface area contributed by atoms with E-state index < -0.39 is 0 Å². The van der Waals surface area contributed by atoms with E-state index in [-0.39, 0.29) is 46.2 Å². The Labute approximate surface area is 142 Å². The first kappa shape index (κ1) is 20.6. The molecule has 1 N–H and O–H groups in total. The van der Waals surface area contributed by atoms with Gasteiger partial charge in [0.15, 0.2) is 0 Å². The molecule has 1 aliphatic heterocycles. The van der Waals surface area contributed by atoms with Crippen LogP contribution in [0.3, 0.4) is 0 Å². The van der Waals surface area contributed by atoms with Crippen molar-refractivity contribution in [2.45, 2.75) is 26.8 Å². The number of nitro groups is 1. The second-order valence-corrected chi connectivity index (χ2v) is 6.92. The van der Waals surface area contributed by atoms with Crippen LogP contribution >= 0.6 is 36.2 Å². The smallest absolute Gasteiger partial charge is 0.314 e. The lowest BCUT2D eigenvalue weighted by Gasteiger charge is -2.42. The minimum Gasteiger partial charge on any atom is -0.314 e. The highest BCUT2D eigenvalue weighted by Crippen LogP contribution is 2.41. The number of nitrogens with one attached hydrogen (secondary N) is 1. The summed E-state index contributed by atoms with van der Waals surface area (Å²) in [6.45, 7) is 10.5. The molecule has 2 rings (SSSR count). The van der Waals surface area contributed by atoms with E-state index in [2.05, 4.69) is 31.0 Å². The van der Waals surface area contributed by atoms with Gasteiger partial charge >= 0.3 is 5.00 Å². The zero-order valence-corrected chi connectivity index (χ0v) is 14.9. The monoisotopic (exact) mass is 355 g/mol. The molecule has 2 heterocycles. The highest BCUT2D eigenvalue weighted by atomic mass is 35.5. The lowest BCUT2D eigenvalue weighted by Crippen LogP contribution is -2.48. The number of halogens is 2. The van der Waals surface area contributed by atoms with Crippen molar-refractivity contribution in [2.75, 3.05) is 26.2 Å². The molecular formula is C13H23Cl2N3O2S. The summed E-state index contributed by atoms with van der Waals surface area (Å²) in [5, 5.41) is 16.4. The summed E-state index contributed by atoms with van der Waals surface area (Å²) >= 11 is 1.22. The Balaban J connectivity index is 0.00000200. The van der Waals surface area contributed by atoms with Gasteiger partial charge in [-0.3, -0.25) is 15.0 Å². The summed E-state index contributed by atoms with van der Waals surface area (Å²) in [4.78, 5) is 13.0. The van der Waals surface area contributed by atoms with Crippen LogP contribution in [0.15, 0.2) is 11.4 Å². The second kappa shape index (κ2) is 8.29. The van der Waals surface area contributed by atoms with Gasteiger partial charge in [-0.15, -0.1) is 24.8 Å². The molecule has 1 aromatic rings. The molecule has 122 valence electrons. The van der Waals surface area contributed by atoms with Crippen molar-refractivity contribution in [1.82, 2.24) is 10.2 Å². The van der Waals surface area contributed by atoms with Crippen molar-refractivity contribution in [3.8, 4) is 0 Å². The first-order chi connectivity index (χ1) is 8.89. The minimum absolute atomic E-state index is 0. The van der Waals surface area contributed by atoms with Crippen LogP contribution in [0, 0.1) is 15.5 Å². The standard InChI is InChI=1S/C13H21N3O2S.2ClH/c1-13(2,3)12(15-6-4-14-5-7-15)10-8-11(16(17)18)19-9-10;;/h8-9,12,14H,4-7H2,1-3H3;2*1H/t12-;;/m0../s1. The van der Waals surface area contributed by atoms with Crippen molar-refractivity contribution >= 4 is 41.2 Å². The molecule has 0 spiro atoms. The molecule has 1 saturated heterocycles. The van der Waals surface area contributed by atoms with E-state index in [0.717, 1.165) is 31.7 Å². The summed E-state index contributed by atoms with van der Waals surface area (Å²) in [5.41, 5.74) is 1.14. The molecule has 5 nitrogen and oxygen atoms in total. The fourth-order valence-electron chi connectivity index (χ4n) is 2.78. The molecule has 1 fully saturated rings. The molecule has 0 radical (unpaired) electrons. The second-order valence-electron chi connectivity index (χ2n) is 6.03. The van der Waals surface area contributed by atoms with Gasteiger partial charge in [-0.25, -0.2) is 0 Å². The Bertz CT molecular complexity index is 457. The summed E-state index contributed by atoms with van der Waals surface area (Å²) in [6, 6.07) is 1.97. The van der Waals surface area contributed by atoms with E-state index in [1.807, 2.05) is 5.38 Å². The zero-order chi connectivity index (χ0) is 14.0. The van der Waals surface area contributed by atoms with Crippen LogP contribution < -0.4 is 5.32 Å². The third-order valence-corrected chi connectivity index (χ3v) is 4.34. The quantitative estimate of drug-likeness (QED) is 0.665. The minimum atomic E-state index is -0.300. The van der Waals surface area contributed by atoms with Crippen LogP contribution in [0.5, 0.6) is 0 Å². The number of nitrogens with zero attached hydrogens (tertiary/aromatic N) is 2. The molecule has 1 aliphatic rings. The van der Waals surface area contributed by atoms with Gasteiger partial charge in [0, 0.05) is 43.7 Å². The predicted molar refractivity (Wildman–Crippen MR) is 92.1 cm³/mol. The van der Waals surface area contributed by atoms with Gasteiger partial charge in [0.1, 0.15) is 0 Å². The van der Waals surface area contributed by atoms with Gasteiger partial charge in [-0.2, -0.15) is 0 Å². The van der Waals surface area contributed by atoms with Gasteiger partial charge in [0.25, 0.3) is 0 Å². The SMILES string of the molecule is CC(C)(C)[C@H](c1csc([N+](=O)[O-])c1)N1CCNCC1.Cl.Cl. The Morgan fingerprint density at radius 1 is 1.33 bits per heavy atom. The summed E-state index contributed by atoms with van der Waals surface area (Å²) < 4.78 is 0. The van der Waals surface area contributed by atoms with Crippen LogP contribution in [-0.2, 0) is 0 Å². The molecule has 0 amide bonds. The Hall–Kier alpha value is -0.400. The number of piperazine rings is 1. The zero-order valence-electron chi connectivity index (χ0n) is 12.5. The van der Waals surface area contributed by atoms with Crippen LogP contribution in [-0.4, -0.2) is 36.0 Å². The highest BCUT2D eigenvalue weighted by molar-refractivity contribution is 7.13. The number of hydrogen-bond acceptors (Lipinski definition) is 5. The molecule has 0 saturated carbocycles. The number of rotatable bonds is 3. The van der Waals surface area contributed by atoms with Crippen LogP contribution in [0.2, 0.25) is 0 Å². The summed E-state index contributed by atoms with van der Waals surface area (Å²) in [6.07, 6.45) is 0. The molecule has 0 aliphatic carbocycles. The van der Waals surface area contributed by atoms with Gasteiger partial charge < -0.3 is 5.32 Å². The summed E-state index contributed by atoms with van der Waals surface area (Å²) in [7, 11) is 0. The Morgan fingerprint density at radius 2 is 1.90 bits per heavy atom. The normalized spacial score (nSPS) is 17.5. The van der Waals surface area contributed by atoms with E-state index in [4.69, 9.17) is 0 Å². The van der Waals surface area contributed by atoms with Gasteiger partial charge in [0.2, 0.25) is 0 Å². The van der Waals surface area contributed by atoms with Crippen molar-refractivity contribution in [3.05, 3.63) is 27.1 Å². The van der Waals surface area contributed by atoms with E-state index in [1.165, 1.54) is 11.3 Å². The molecule has 8 heteroatoms. The van der Waals surface area contributed by atoms with E-state index in [0.29, 0.717) is 0 Å².